The Morgan fingerprint density at radius 1 is 1.35 bits per heavy atom. The van der Waals surface area contributed by atoms with Crippen LogP contribution in [-0.4, -0.2) is 51.8 Å². The van der Waals surface area contributed by atoms with Gasteiger partial charge in [0.15, 0.2) is 0 Å². The Morgan fingerprint density at radius 3 is 2.87 bits per heavy atom. The van der Waals surface area contributed by atoms with Gasteiger partial charge in [-0.1, -0.05) is 0 Å². The Hall–Kier alpha value is -1.95. The number of aromatic nitrogens is 4. The molecule has 0 radical (unpaired) electrons. The highest BCUT2D eigenvalue weighted by Gasteiger charge is 2.32. The molecular formula is C17H26N6. The van der Waals surface area contributed by atoms with Crippen molar-refractivity contribution in [3.63, 3.8) is 0 Å². The van der Waals surface area contributed by atoms with Crippen molar-refractivity contribution in [3.05, 3.63) is 35.9 Å². The molecule has 0 aliphatic carbocycles. The maximum Gasteiger partial charge on any atom is 0.225 e. The van der Waals surface area contributed by atoms with Crippen molar-refractivity contribution >= 4 is 5.95 Å². The number of nitrogens with zero attached hydrogens (tertiary/aromatic N) is 6. The molecule has 1 fully saturated rings. The second-order valence-corrected chi connectivity index (χ2v) is 6.65. The fraction of sp³-hybridized carbons (Fsp3) is 0.588. The zero-order valence-corrected chi connectivity index (χ0v) is 14.5. The minimum atomic E-state index is 0.407. The lowest BCUT2D eigenvalue weighted by Gasteiger charge is -2.40. The van der Waals surface area contributed by atoms with E-state index in [1.165, 1.54) is 18.4 Å². The molecular weight excluding hydrogens is 288 g/mol. The fourth-order valence-corrected chi connectivity index (χ4v) is 3.62. The Morgan fingerprint density at radius 2 is 2.17 bits per heavy atom. The first-order valence-electron chi connectivity index (χ1n) is 8.24. The highest BCUT2D eigenvalue weighted by molar-refractivity contribution is 5.29. The number of rotatable bonds is 4. The molecule has 2 aromatic heterocycles. The van der Waals surface area contributed by atoms with Crippen LogP contribution in [0.2, 0.25) is 0 Å². The summed E-state index contributed by atoms with van der Waals surface area (Å²) in [7, 11) is 6.28. The third-order valence-electron chi connectivity index (χ3n) is 4.71. The van der Waals surface area contributed by atoms with Gasteiger partial charge in [-0.05, 0) is 45.3 Å². The molecule has 0 bridgehead atoms. The first-order chi connectivity index (χ1) is 11.0. The molecule has 23 heavy (non-hydrogen) atoms. The molecule has 1 aliphatic heterocycles. The van der Waals surface area contributed by atoms with Gasteiger partial charge in [-0.15, -0.1) is 0 Å². The van der Waals surface area contributed by atoms with E-state index in [-0.39, 0.29) is 0 Å². The second kappa shape index (κ2) is 6.66. The predicted octanol–water partition coefficient (Wildman–Crippen LogP) is 2.04. The van der Waals surface area contributed by atoms with Gasteiger partial charge < -0.3 is 4.90 Å². The SMILES string of the molecule is Cc1ccnc(N(C)C[C@@H]2CCCN(C)[C@H]2c2cnn(C)c2)n1. The van der Waals surface area contributed by atoms with Crippen LogP contribution in [0, 0.1) is 12.8 Å². The van der Waals surface area contributed by atoms with E-state index in [1.807, 2.05) is 37.1 Å². The van der Waals surface area contributed by atoms with E-state index in [9.17, 15) is 0 Å². The first kappa shape index (κ1) is 15.9. The zero-order chi connectivity index (χ0) is 16.4. The molecule has 0 saturated carbocycles. The van der Waals surface area contributed by atoms with Gasteiger partial charge in [0.2, 0.25) is 5.95 Å². The monoisotopic (exact) mass is 314 g/mol. The predicted molar refractivity (Wildman–Crippen MR) is 91.3 cm³/mol. The van der Waals surface area contributed by atoms with Crippen LogP contribution >= 0.6 is 0 Å². The average Bonchev–Trinajstić information content (AvgIpc) is 2.93. The normalized spacial score (nSPS) is 22.3. The van der Waals surface area contributed by atoms with E-state index < -0.39 is 0 Å². The van der Waals surface area contributed by atoms with Crippen LogP contribution < -0.4 is 4.90 Å². The molecule has 6 nitrogen and oxygen atoms in total. The standard InChI is InChI=1S/C17H26N6/c1-13-7-8-18-17(20-13)22(3)11-14-6-5-9-21(2)16(14)15-10-19-23(4)12-15/h7-8,10,12,14,16H,5-6,9,11H2,1-4H3/t14-,16+/m0/s1. The molecule has 0 unspecified atom stereocenters. The molecule has 2 aromatic rings. The molecule has 0 amide bonds. The summed E-state index contributed by atoms with van der Waals surface area (Å²) in [5.41, 5.74) is 2.31. The van der Waals surface area contributed by atoms with Crippen LogP contribution in [0.5, 0.6) is 0 Å². The molecule has 0 N–H and O–H groups in total. The van der Waals surface area contributed by atoms with Crippen molar-refractivity contribution in [1.29, 1.82) is 0 Å². The lowest BCUT2D eigenvalue weighted by atomic mass is 9.86. The summed E-state index contributed by atoms with van der Waals surface area (Å²) in [6, 6.07) is 2.34. The topological polar surface area (TPSA) is 50.1 Å². The summed E-state index contributed by atoms with van der Waals surface area (Å²) in [4.78, 5) is 13.6. The van der Waals surface area contributed by atoms with E-state index in [0.717, 1.165) is 24.7 Å². The Balaban J connectivity index is 1.78. The number of anilines is 1. The van der Waals surface area contributed by atoms with Crippen LogP contribution in [0.3, 0.4) is 0 Å². The van der Waals surface area contributed by atoms with E-state index >= 15 is 0 Å². The second-order valence-electron chi connectivity index (χ2n) is 6.65. The van der Waals surface area contributed by atoms with Gasteiger partial charge in [0.05, 0.1) is 6.20 Å². The van der Waals surface area contributed by atoms with Crippen LogP contribution in [0.1, 0.15) is 30.1 Å². The molecule has 3 heterocycles. The van der Waals surface area contributed by atoms with E-state index in [4.69, 9.17) is 0 Å². The third-order valence-corrected chi connectivity index (χ3v) is 4.71. The summed E-state index contributed by atoms with van der Waals surface area (Å²) in [6.45, 7) is 4.10. The highest BCUT2D eigenvalue weighted by Crippen LogP contribution is 2.35. The van der Waals surface area contributed by atoms with Gasteiger partial charge in [0, 0.05) is 50.3 Å². The number of hydrogen-bond donors (Lipinski definition) is 0. The number of likely N-dealkylation sites (tertiary alicyclic amines) is 1. The van der Waals surface area contributed by atoms with Gasteiger partial charge >= 0.3 is 0 Å². The minimum absolute atomic E-state index is 0.407. The van der Waals surface area contributed by atoms with Gasteiger partial charge in [-0.3, -0.25) is 9.58 Å². The molecule has 2 atom stereocenters. The maximum absolute atomic E-state index is 4.54. The van der Waals surface area contributed by atoms with E-state index in [1.54, 1.807) is 0 Å². The van der Waals surface area contributed by atoms with Crippen LogP contribution in [0.15, 0.2) is 24.7 Å². The maximum atomic E-state index is 4.54. The highest BCUT2D eigenvalue weighted by atomic mass is 15.3. The van der Waals surface area contributed by atoms with E-state index in [0.29, 0.717) is 12.0 Å². The van der Waals surface area contributed by atoms with Crippen molar-refractivity contribution in [1.82, 2.24) is 24.6 Å². The number of piperidine rings is 1. The van der Waals surface area contributed by atoms with Crippen LogP contribution in [0.25, 0.3) is 0 Å². The molecule has 3 rings (SSSR count). The van der Waals surface area contributed by atoms with Crippen molar-refractivity contribution in [2.24, 2.45) is 13.0 Å². The molecule has 1 aliphatic rings. The Bertz CT molecular complexity index is 652. The number of hydrogen-bond acceptors (Lipinski definition) is 5. The summed E-state index contributed by atoms with van der Waals surface area (Å²) < 4.78 is 1.89. The average molecular weight is 314 g/mol. The smallest absolute Gasteiger partial charge is 0.225 e. The van der Waals surface area contributed by atoms with Crippen LogP contribution in [0.4, 0.5) is 5.95 Å². The molecule has 1 saturated heterocycles. The van der Waals surface area contributed by atoms with Crippen molar-refractivity contribution in [2.75, 3.05) is 32.1 Å². The zero-order valence-electron chi connectivity index (χ0n) is 14.5. The fourth-order valence-electron chi connectivity index (χ4n) is 3.62. The Labute approximate surface area is 138 Å². The molecule has 6 heteroatoms. The Kier molecular flexibility index (Phi) is 4.61. The lowest BCUT2D eigenvalue weighted by molar-refractivity contribution is 0.124. The largest absolute Gasteiger partial charge is 0.344 e. The lowest BCUT2D eigenvalue weighted by Crippen LogP contribution is -2.41. The molecule has 0 aromatic carbocycles. The quantitative estimate of drug-likeness (QED) is 0.864. The molecule has 0 spiro atoms. The summed E-state index contributed by atoms with van der Waals surface area (Å²) >= 11 is 0. The van der Waals surface area contributed by atoms with E-state index in [2.05, 4.69) is 45.2 Å². The summed E-state index contributed by atoms with van der Waals surface area (Å²) in [6.07, 6.45) is 8.44. The molecule has 124 valence electrons. The minimum Gasteiger partial charge on any atom is -0.344 e. The van der Waals surface area contributed by atoms with Crippen molar-refractivity contribution in [3.8, 4) is 0 Å². The third kappa shape index (κ3) is 3.52. The van der Waals surface area contributed by atoms with Gasteiger partial charge in [-0.25, -0.2) is 9.97 Å². The van der Waals surface area contributed by atoms with Crippen molar-refractivity contribution < 1.29 is 0 Å². The van der Waals surface area contributed by atoms with Gasteiger partial charge in [-0.2, -0.15) is 5.10 Å². The summed E-state index contributed by atoms with van der Waals surface area (Å²) in [5, 5.41) is 4.36. The van der Waals surface area contributed by atoms with Gasteiger partial charge in [0.1, 0.15) is 0 Å². The van der Waals surface area contributed by atoms with Gasteiger partial charge in [0.25, 0.3) is 0 Å². The summed E-state index contributed by atoms with van der Waals surface area (Å²) in [5.74, 6) is 1.36. The first-order valence-corrected chi connectivity index (χ1v) is 8.24. The number of aryl methyl sites for hydroxylation is 2. The van der Waals surface area contributed by atoms with Crippen LogP contribution in [-0.2, 0) is 7.05 Å². The van der Waals surface area contributed by atoms with Crippen molar-refractivity contribution in [2.45, 2.75) is 25.8 Å².